The fraction of sp³-hybridized carbons (Fsp3) is 0.308. The van der Waals surface area contributed by atoms with Crippen LogP contribution in [0.25, 0.3) is 11.3 Å². The van der Waals surface area contributed by atoms with E-state index in [0.717, 1.165) is 23.3 Å². The molecule has 1 aliphatic rings. The summed E-state index contributed by atoms with van der Waals surface area (Å²) < 4.78 is 7.05. The third-order valence-corrected chi connectivity index (χ3v) is 3.20. The summed E-state index contributed by atoms with van der Waals surface area (Å²) >= 11 is 0. The molecule has 0 amide bonds. The number of benzene rings is 1. The highest BCUT2D eigenvalue weighted by Crippen LogP contribution is 2.31. The lowest BCUT2D eigenvalue weighted by Crippen LogP contribution is -2.03. The van der Waals surface area contributed by atoms with Crippen molar-refractivity contribution in [1.29, 1.82) is 0 Å². The van der Waals surface area contributed by atoms with Crippen LogP contribution in [0.4, 0.5) is 0 Å². The Kier molecular flexibility index (Phi) is 2.70. The minimum atomic E-state index is -1.06. The van der Waals surface area contributed by atoms with Gasteiger partial charge < -0.3 is 9.84 Å². The first-order chi connectivity index (χ1) is 9.20. The Morgan fingerprint density at radius 2 is 2.37 bits per heavy atom. The molecule has 0 bridgehead atoms. The maximum Gasteiger partial charge on any atom is 0.358 e. The van der Waals surface area contributed by atoms with Gasteiger partial charge in [-0.15, -0.1) is 5.10 Å². The fourth-order valence-electron chi connectivity index (χ4n) is 2.30. The maximum atomic E-state index is 11.2. The van der Waals surface area contributed by atoms with Crippen molar-refractivity contribution in [3.63, 3.8) is 0 Å². The average molecular weight is 259 g/mol. The standard InChI is InChI=1S/C13H13N3O3/c1-2-16-12(11(13(17)18)14-15-16)9-3-4-10-8(7-9)5-6-19-10/h3-4,7H,2,5-6H2,1H3,(H,17,18). The fourth-order valence-corrected chi connectivity index (χ4v) is 2.30. The smallest absolute Gasteiger partial charge is 0.358 e. The van der Waals surface area contributed by atoms with E-state index in [4.69, 9.17) is 4.74 Å². The summed E-state index contributed by atoms with van der Waals surface area (Å²) in [5.74, 6) is -0.192. The molecule has 0 aliphatic carbocycles. The lowest BCUT2D eigenvalue weighted by atomic mass is 10.0. The first-order valence-electron chi connectivity index (χ1n) is 6.13. The number of aromatic carboxylic acids is 1. The van der Waals surface area contributed by atoms with E-state index in [1.54, 1.807) is 4.68 Å². The highest BCUT2D eigenvalue weighted by molar-refractivity contribution is 5.92. The van der Waals surface area contributed by atoms with Gasteiger partial charge in [-0.1, -0.05) is 5.21 Å². The van der Waals surface area contributed by atoms with E-state index in [1.165, 1.54) is 0 Å². The monoisotopic (exact) mass is 259 g/mol. The van der Waals surface area contributed by atoms with Crippen LogP contribution in [0, 0.1) is 0 Å². The molecule has 2 aromatic rings. The third-order valence-electron chi connectivity index (χ3n) is 3.20. The van der Waals surface area contributed by atoms with Crippen LogP contribution in [0.15, 0.2) is 18.2 Å². The van der Waals surface area contributed by atoms with E-state index in [2.05, 4.69) is 10.3 Å². The third kappa shape index (κ3) is 1.85. The largest absolute Gasteiger partial charge is 0.493 e. The Morgan fingerprint density at radius 3 is 3.11 bits per heavy atom. The number of rotatable bonds is 3. The number of carbonyl (C=O) groups is 1. The van der Waals surface area contributed by atoms with Crippen molar-refractivity contribution < 1.29 is 14.6 Å². The summed E-state index contributed by atoms with van der Waals surface area (Å²) in [6.45, 7) is 3.15. The van der Waals surface area contributed by atoms with Crippen LogP contribution in [0.2, 0.25) is 0 Å². The van der Waals surface area contributed by atoms with Gasteiger partial charge in [-0.3, -0.25) is 0 Å². The number of carboxylic acids is 1. The van der Waals surface area contributed by atoms with Gasteiger partial charge in [0.25, 0.3) is 0 Å². The summed E-state index contributed by atoms with van der Waals surface area (Å²) in [5, 5.41) is 16.8. The van der Waals surface area contributed by atoms with Gasteiger partial charge in [0.1, 0.15) is 11.4 Å². The van der Waals surface area contributed by atoms with Crippen LogP contribution in [-0.2, 0) is 13.0 Å². The highest BCUT2D eigenvalue weighted by Gasteiger charge is 2.21. The minimum absolute atomic E-state index is 0.0132. The number of carboxylic acid groups (broad SMARTS) is 1. The Morgan fingerprint density at radius 1 is 1.53 bits per heavy atom. The van der Waals surface area contributed by atoms with Crippen LogP contribution >= 0.6 is 0 Å². The van der Waals surface area contributed by atoms with Crippen molar-refractivity contribution in [2.24, 2.45) is 0 Å². The van der Waals surface area contributed by atoms with E-state index in [1.807, 2.05) is 25.1 Å². The zero-order chi connectivity index (χ0) is 13.4. The second-order valence-electron chi connectivity index (χ2n) is 4.33. The summed E-state index contributed by atoms with van der Waals surface area (Å²) in [6.07, 6.45) is 0.846. The van der Waals surface area contributed by atoms with Crippen molar-refractivity contribution in [3.8, 4) is 17.0 Å². The van der Waals surface area contributed by atoms with Crippen LogP contribution < -0.4 is 4.74 Å². The Balaban J connectivity index is 2.15. The van der Waals surface area contributed by atoms with E-state index in [0.29, 0.717) is 18.8 Å². The molecule has 0 atom stereocenters. The molecule has 1 aromatic heterocycles. The molecular weight excluding hydrogens is 246 g/mol. The van der Waals surface area contributed by atoms with Gasteiger partial charge in [-0.25, -0.2) is 9.48 Å². The van der Waals surface area contributed by atoms with E-state index >= 15 is 0 Å². The van der Waals surface area contributed by atoms with Crippen LogP contribution in [0.3, 0.4) is 0 Å². The lowest BCUT2D eigenvalue weighted by molar-refractivity contribution is 0.0691. The molecule has 1 N–H and O–H groups in total. The summed E-state index contributed by atoms with van der Waals surface area (Å²) in [4.78, 5) is 11.2. The molecule has 1 aromatic carbocycles. The molecule has 0 saturated heterocycles. The molecule has 6 heteroatoms. The summed E-state index contributed by atoms with van der Waals surface area (Å²) in [7, 11) is 0. The summed E-state index contributed by atoms with van der Waals surface area (Å²) in [6, 6.07) is 5.68. The van der Waals surface area contributed by atoms with Crippen LogP contribution in [0.1, 0.15) is 23.0 Å². The van der Waals surface area contributed by atoms with Crippen LogP contribution in [0.5, 0.6) is 5.75 Å². The molecule has 0 radical (unpaired) electrons. The highest BCUT2D eigenvalue weighted by atomic mass is 16.5. The SMILES string of the molecule is CCn1nnc(C(=O)O)c1-c1ccc2c(c1)CCO2. The second kappa shape index (κ2) is 4.38. The van der Waals surface area contributed by atoms with Gasteiger partial charge in [0, 0.05) is 18.5 Å². The van der Waals surface area contributed by atoms with Crippen LogP contribution in [-0.4, -0.2) is 32.7 Å². The lowest BCUT2D eigenvalue weighted by Gasteiger charge is -2.06. The average Bonchev–Trinajstić information content (AvgIpc) is 3.03. The van der Waals surface area contributed by atoms with Gasteiger partial charge in [-0.05, 0) is 30.7 Å². The minimum Gasteiger partial charge on any atom is -0.493 e. The molecule has 0 spiro atoms. The number of aromatic nitrogens is 3. The molecular formula is C13H13N3O3. The molecule has 0 saturated carbocycles. The normalized spacial score (nSPS) is 13.1. The van der Waals surface area contributed by atoms with Crippen molar-refractivity contribution >= 4 is 5.97 Å². The Labute approximate surface area is 109 Å². The van der Waals surface area contributed by atoms with Gasteiger partial charge in [0.2, 0.25) is 0 Å². The predicted octanol–water partition coefficient (Wildman–Crippen LogP) is 1.60. The van der Waals surface area contributed by atoms with Gasteiger partial charge in [0.15, 0.2) is 5.69 Å². The quantitative estimate of drug-likeness (QED) is 0.905. The number of ether oxygens (including phenoxy) is 1. The molecule has 19 heavy (non-hydrogen) atoms. The van der Waals surface area contributed by atoms with Crippen molar-refractivity contribution in [2.75, 3.05) is 6.61 Å². The van der Waals surface area contributed by atoms with Crippen molar-refractivity contribution in [3.05, 3.63) is 29.5 Å². The van der Waals surface area contributed by atoms with Crippen molar-refractivity contribution in [2.45, 2.75) is 19.9 Å². The topological polar surface area (TPSA) is 77.2 Å². The van der Waals surface area contributed by atoms with E-state index in [9.17, 15) is 9.90 Å². The molecule has 1 aliphatic heterocycles. The summed E-state index contributed by atoms with van der Waals surface area (Å²) in [5.41, 5.74) is 2.44. The van der Waals surface area contributed by atoms with Gasteiger partial charge in [-0.2, -0.15) is 0 Å². The van der Waals surface area contributed by atoms with Crippen molar-refractivity contribution in [1.82, 2.24) is 15.0 Å². The maximum absolute atomic E-state index is 11.2. The first-order valence-corrected chi connectivity index (χ1v) is 6.13. The molecule has 6 nitrogen and oxygen atoms in total. The zero-order valence-corrected chi connectivity index (χ0v) is 10.5. The van der Waals surface area contributed by atoms with E-state index in [-0.39, 0.29) is 5.69 Å². The second-order valence-corrected chi connectivity index (χ2v) is 4.33. The van der Waals surface area contributed by atoms with Gasteiger partial charge >= 0.3 is 5.97 Å². The first kappa shape index (κ1) is 11.7. The molecule has 3 rings (SSSR count). The molecule has 98 valence electrons. The Bertz CT molecular complexity index is 649. The Hall–Kier alpha value is -2.37. The van der Waals surface area contributed by atoms with Gasteiger partial charge in [0.05, 0.1) is 6.61 Å². The number of hydrogen-bond donors (Lipinski definition) is 1. The zero-order valence-electron chi connectivity index (χ0n) is 10.5. The number of nitrogens with zero attached hydrogens (tertiary/aromatic N) is 3. The number of hydrogen-bond acceptors (Lipinski definition) is 4. The molecule has 0 unspecified atom stereocenters. The number of fused-ring (bicyclic) bond motifs is 1. The predicted molar refractivity (Wildman–Crippen MR) is 67.3 cm³/mol. The number of aryl methyl sites for hydroxylation is 1. The molecule has 0 fully saturated rings. The van der Waals surface area contributed by atoms with E-state index < -0.39 is 5.97 Å². The molecule has 2 heterocycles.